The fraction of sp³-hybridized carbons (Fsp3) is 0.206. The summed E-state index contributed by atoms with van der Waals surface area (Å²) in [7, 11) is 1.59. The minimum absolute atomic E-state index is 0.175. The van der Waals surface area contributed by atoms with Crippen LogP contribution in [0.5, 0.6) is 23.0 Å². The van der Waals surface area contributed by atoms with Gasteiger partial charge in [-0.3, -0.25) is 4.98 Å². The molecule has 216 valence electrons. The third-order valence-corrected chi connectivity index (χ3v) is 7.51. The van der Waals surface area contributed by atoms with E-state index in [2.05, 4.69) is 33.4 Å². The maximum absolute atomic E-state index is 13.1. The van der Waals surface area contributed by atoms with E-state index in [0.29, 0.717) is 66.8 Å². The lowest BCUT2D eigenvalue weighted by Crippen LogP contribution is -2.50. The van der Waals surface area contributed by atoms with Gasteiger partial charge in [0.05, 0.1) is 30.5 Å². The smallest absolute Gasteiger partial charge is 0.321 e. The van der Waals surface area contributed by atoms with Crippen LogP contribution >= 0.6 is 0 Å². The largest absolute Gasteiger partial charge is 0.493 e. The van der Waals surface area contributed by atoms with Gasteiger partial charge in [0, 0.05) is 54.9 Å². The molecule has 0 spiro atoms. The number of hydrogen-bond acceptors (Lipinski definition) is 7. The first-order valence-electron chi connectivity index (χ1n) is 14.2. The molecule has 43 heavy (non-hydrogen) atoms. The summed E-state index contributed by atoms with van der Waals surface area (Å²) in [5.41, 5.74) is 2.66. The number of rotatable bonds is 7. The lowest BCUT2D eigenvalue weighted by atomic mass is 10.1. The van der Waals surface area contributed by atoms with Gasteiger partial charge in [0.15, 0.2) is 11.5 Å². The van der Waals surface area contributed by atoms with Gasteiger partial charge in [-0.1, -0.05) is 36.4 Å². The summed E-state index contributed by atoms with van der Waals surface area (Å²) in [6.45, 7) is 4.53. The highest BCUT2D eigenvalue weighted by molar-refractivity contribution is 5.97. The van der Waals surface area contributed by atoms with Crippen molar-refractivity contribution in [1.82, 2.24) is 9.88 Å². The third-order valence-electron chi connectivity index (χ3n) is 7.51. The number of pyridine rings is 1. The predicted molar refractivity (Wildman–Crippen MR) is 167 cm³/mol. The molecule has 1 aromatic heterocycles. The van der Waals surface area contributed by atoms with Crippen LogP contribution in [0, 0.1) is 11.3 Å². The number of nitrogens with one attached hydrogen (secondary N) is 1. The van der Waals surface area contributed by atoms with Crippen molar-refractivity contribution in [2.45, 2.75) is 6.92 Å². The Kier molecular flexibility index (Phi) is 7.83. The fourth-order valence-corrected chi connectivity index (χ4v) is 5.39. The summed E-state index contributed by atoms with van der Waals surface area (Å²) in [5.74, 6) is 2.66. The van der Waals surface area contributed by atoms with Gasteiger partial charge in [0.2, 0.25) is 0 Å². The first kappa shape index (κ1) is 27.7. The Morgan fingerprint density at radius 3 is 2.44 bits per heavy atom. The van der Waals surface area contributed by atoms with E-state index < -0.39 is 0 Å². The summed E-state index contributed by atoms with van der Waals surface area (Å²) in [4.78, 5) is 21.5. The van der Waals surface area contributed by atoms with E-state index in [1.807, 2.05) is 73.7 Å². The number of nitrogens with zero attached hydrogens (tertiary/aromatic N) is 4. The molecule has 1 aliphatic heterocycles. The molecule has 0 bridgehead atoms. The number of fused-ring (bicyclic) bond motifs is 2. The Labute approximate surface area is 249 Å². The zero-order valence-corrected chi connectivity index (χ0v) is 24.0. The van der Waals surface area contributed by atoms with E-state index in [1.165, 1.54) is 0 Å². The van der Waals surface area contributed by atoms with Crippen LogP contribution in [0.15, 0.2) is 85.1 Å². The molecule has 1 fully saturated rings. The lowest BCUT2D eigenvalue weighted by molar-refractivity contribution is 0.208. The minimum Gasteiger partial charge on any atom is -0.493 e. The molecule has 0 saturated carbocycles. The molecule has 2 amide bonds. The van der Waals surface area contributed by atoms with E-state index >= 15 is 0 Å². The SMILES string of the molecule is CCOc1cc2ncc(C#N)c(N3CCN(C(=O)Nc4ccc(Oc5cccc6ccccc56)cc4)CC3)c2cc1OC. The second-order valence-electron chi connectivity index (χ2n) is 10.1. The van der Waals surface area contributed by atoms with Crippen molar-refractivity contribution in [2.24, 2.45) is 0 Å². The van der Waals surface area contributed by atoms with Gasteiger partial charge in [-0.05, 0) is 48.7 Å². The monoisotopic (exact) mass is 573 g/mol. The van der Waals surface area contributed by atoms with Crippen LogP contribution in [0.25, 0.3) is 21.7 Å². The molecule has 4 aromatic carbocycles. The first-order chi connectivity index (χ1) is 21.1. The Morgan fingerprint density at radius 1 is 0.930 bits per heavy atom. The zero-order chi connectivity index (χ0) is 29.8. The van der Waals surface area contributed by atoms with E-state index in [9.17, 15) is 10.1 Å². The number of amides is 2. The molecule has 0 aliphatic carbocycles. The molecule has 1 N–H and O–H groups in total. The molecular weight excluding hydrogens is 542 g/mol. The highest BCUT2D eigenvalue weighted by atomic mass is 16.5. The van der Waals surface area contributed by atoms with Crippen molar-refractivity contribution >= 4 is 39.1 Å². The predicted octanol–water partition coefficient (Wildman–Crippen LogP) is 6.81. The van der Waals surface area contributed by atoms with E-state index in [1.54, 1.807) is 18.2 Å². The first-order valence-corrected chi connectivity index (χ1v) is 14.2. The maximum Gasteiger partial charge on any atom is 0.321 e. The summed E-state index contributed by atoms with van der Waals surface area (Å²) in [6.07, 6.45) is 1.59. The van der Waals surface area contributed by atoms with Crippen molar-refractivity contribution in [3.05, 3.63) is 90.6 Å². The second kappa shape index (κ2) is 12.2. The fourth-order valence-electron chi connectivity index (χ4n) is 5.39. The molecule has 5 aromatic rings. The molecule has 0 unspecified atom stereocenters. The number of piperazine rings is 1. The average molecular weight is 574 g/mol. The van der Waals surface area contributed by atoms with Gasteiger partial charge in [-0.2, -0.15) is 5.26 Å². The number of nitriles is 1. The normalized spacial score (nSPS) is 13.0. The van der Waals surface area contributed by atoms with E-state index in [4.69, 9.17) is 14.2 Å². The maximum atomic E-state index is 13.1. The van der Waals surface area contributed by atoms with Crippen LogP contribution in [-0.2, 0) is 0 Å². The van der Waals surface area contributed by atoms with Gasteiger partial charge < -0.3 is 29.3 Å². The van der Waals surface area contributed by atoms with E-state index in [-0.39, 0.29) is 6.03 Å². The van der Waals surface area contributed by atoms with Crippen molar-refractivity contribution in [3.8, 4) is 29.1 Å². The zero-order valence-electron chi connectivity index (χ0n) is 24.0. The number of benzene rings is 4. The molecule has 2 heterocycles. The highest BCUT2D eigenvalue weighted by Crippen LogP contribution is 2.38. The molecule has 0 radical (unpaired) electrons. The summed E-state index contributed by atoms with van der Waals surface area (Å²) in [5, 5.41) is 15.8. The van der Waals surface area contributed by atoms with Gasteiger partial charge in [-0.15, -0.1) is 0 Å². The van der Waals surface area contributed by atoms with Gasteiger partial charge in [-0.25, -0.2) is 4.79 Å². The lowest BCUT2D eigenvalue weighted by Gasteiger charge is -2.36. The summed E-state index contributed by atoms with van der Waals surface area (Å²) in [6, 6.07) is 27.2. The van der Waals surface area contributed by atoms with Crippen LogP contribution in [0.2, 0.25) is 0 Å². The number of methoxy groups -OCH3 is 1. The van der Waals surface area contributed by atoms with Crippen LogP contribution in [0.4, 0.5) is 16.2 Å². The van der Waals surface area contributed by atoms with Crippen LogP contribution in [0.3, 0.4) is 0 Å². The van der Waals surface area contributed by atoms with Gasteiger partial charge >= 0.3 is 6.03 Å². The second-order valence-corrected chi connectivity index (χ2v) is 10.1. The van der Waals surface area contributed by atoms with Crippen molar-refractivity contribution in [1.29, 1.82) is 5.26 Å². The third kappa shape index (κ3) is 5.68. The summed E-state index contributed by atoms with van der Waals surface area (Å²) >= 11 is 0. The number of anilines is 2. The van der Waals surface area contributed by atoms with Crippen LogP contribution in [-0.4, -0.2) is 55.8 Å². The van der Waals surface area contributed by atoms with Crippen molar-refractivity contribution in [3.63, 3.8) is 0 Å². The number of aromatic nitrogens is 1. The molecule has 9 nitrogen and oxygen atoms in total. The molecule has 6 rings (SSSR count). The molecule has 0 atom stereocenters. The Bertz CT molecular complexity index is 1820. The number of ether oxygens (including phenoxy) is 3. The molecule has 1 aliphatic rings. The highest BCUT2D eigenvalue weighted by Gasteiger charge is 2.25. The van der Waals surface area contributed by atoms with Gasteiger partial charge in [0.25, 0.3) is 0 Å². The minimum atomic E-state index is -0.175. The number of carbonyl (C=O) groups excluding carboxylic acids is 1. The molecule has 9 heteroatoms. The summed E-state index contributed by atoms with van der Waals surface area (Å²) < 4.78 is 17.4. The van der Waals surface area contributed by atoms with Crippen molar-refractivity contribution in [2.75, 3.05) is 50.1 Å². The molecule has 1 saturated heterocycles. The van der Waals surface area contributed by atoms with Crippen LogP contribution in [0.1, 0.15) is 12.5 Å². The van der Waals surface area contributed by atoms with Crippen LogP contribution < -0.4 is 24.4 Å². The number of hydrogen-bond donors (Lipinski definition) is 1. The quantitative estimate of drug-likeness (QED) is 0.228. The standard InChI is InChI=1S/C34H31N5O4/c1-3-42-32-20-29-28(19-31(32)41-2)33(24(21-35)22-36-29)38-15-17-39(18-16-38)34(40)37-25-11-13-26(14-12-25)43-30-10-6-8-23-7-4-5-9-27(23)30/h4-14,19-20,22H,3,15-18H2,1-2H3,(H,37,40). The number of urea groups is 1. The molecular formula is C34H31N5O4. The average Bonchev–Trinajstić information content (AvgIpc) is 3.05. The van der Waals surface area contributed by atoms with Crippen molar-refractivity contribution < 1.29 is 19.0 Å². The van der Waals surface area contributed by atoms with E-state index in [0.717, 1.165) is 27.6 Å². The topological polar surface area (TPSA) is 100.0 Å². The van der Waals surface area contributed by atoms with Gasteiger partial charge in [0.1, 0.15) is 17.6 Å². The Hall–Kier alpha value is -5.49. The Balaban J connectivity index is 1.12. The number of carbonyl (C=O) groups is 1. The Morgan fingerprint density at radius 2 is 1.70 bits per heavy atom.